The SMILES string of the molecule is Cc1ccc(CCN(C)C(C)CN)cc1.Cl. The third-order valence-corrected chi connectivity index (χ3v) is 2.97. The summed E-state index contributed by atoms with van der Waals surface area (Å²) in [6.07, 6.45) is 1.10. The van der Waals surface area contributed by atoms with E-state index in [1.807, 2.05) is 0 Å². The number of rotatable bonds is 5. The average molecular weight is 243 g/mol. The Hall–Kier alpha value is -0.570. The van der Waals surface area contributed by atoms with Crippen LogP contribution in [0.15, 0.2) is 24.3 Å². The van der Waals surface area contributed by atoms with Crippen LogP contribution in [0.4, 0.5) is 0 Å². The minimum absolute atomic E-state index is 0. The summed E-state index contributed by atoms with van der Waals surface area (Å²) < 4.78 is 0. The fourth-order valence-electron chi connectivity index (χ4n) is 1.46. The first-order chi connectivity index (χ1) is 7.13. The Morgan fingerprint density at radius 1 is 1.25 bits per heavy atom. The zero-order valence-electron chi connectivity index (χ0n) is 10.4. The van der Waals surface area contributed by atoms with Crippen molar-refractivity contribution in [1.82, 2.24) is 4.90 Å². The molecule has 0 aliphatic carbocycles. The highest BCUT2D eigenvalue weighted by atomic mass is 35.5. The summed E-state index contributed by atoms with van der Waals surface area (Å²) >= 11 is 0. The smallest absolute Gasteiger partial charge is 0.0187 e. The third kappa shape index (κ3) is 4.97. The van der Waals surface area contributed by atoms with Crippen LogP contribution in [-0.4, -0.2) is 31.1 Å². The summed E-state index contributed by atoms with van der Waals surface area (Å²) in [5.74, 6) is 0. The predicted molar refractivity (Wildman–Crippen MR) is 73.3 cm³/mol. The molecule has 1 aromatic rings. The van der Waals surface area contributed by atoms with Crippen molar-refractivity contribution < 1.29 is 0 Å². The Morgan fingerprint density at radius 3 is 2.31 bits per heavy atom. The van der Waals surface area contributed by atoms with Gasteiger partial charge in [-0.15, -0.1) is 12.4 Å². The molecule has 0 amide bonds. The second-order valence-corrected chi connectivity index (χ2v) is 4.30. The lowest BCUT2D eigenvalue weighted by atomic mass is 10.1. The molecule has 3 heteroatoms. The molecule has 0 spiro atoms. The highest BCUT2D eigenvalue weighted by Gasteiger charge is 2.06. The van der Waals surface area contributed by atoms with E-state index in [0.29, 0.717) is 6.04 Å². The summed E-state index contributed by atoms with van der Waals surface area (Å²) in [7, 11) is 2.13. The van der Waals surface area contributed by atoms with E-state index in [0.717, 1.165) is 19.5 Å². The predicted octanol–water partition coefficient (Wildman–Crippen LogP) is 2.24. The highest BCUT2D eigenvalue weighted by molar-refractivity contribution is 5.85. The van der Waals surface area contributed by atoms with Crippen molar-refractivity contribution in [2.24, 2.45) is 5.73 Å². The number of likely N-dealkylation sites (N-methyl/N-ethyl adjacent to an activating group) is 1. The minimum atomic E-state index is 0. The van der Waals surface area contributed by atoms with E-state index in [4.69, 9.17) is 5.73 Å². The van der Waals surface area contributed by atoms with E-state index >= 15 is 0 Å². The molecule has 2 N–H and O–H groups in total. The van der Waals surface area contributed by atoms with Crippen LogP contribution in [0.3, 0.4) is 0 Å². The Labute approximate surface area is 105 Å². The van der Waals surface area contributed by atoms with Crippen LogP contribution in [0, 0.1) is 6.92 Å². The van der Waals surface area contributed by atoms with Gasteiger partial charge in [-0.05, 0) is 32.9 Å². The first-order valence-electron chi connectivity index (χ1n) is 5.59. The van der Waals surface area contributed by atoms with Gasteiger partial charge in [0.05, 0.1) is 0 Å². The number of nitrogens with two attached hydrogens (primary N) is 1. The highest BCUT2D eigenvalue weighted by Crippen LogP contribution is 2.05. The van der Waals surface area contributed by atoms with Crippen LogP contribution in [0.25, 0.3) is 0 Å². The monoisotopic (exact) mass is 242 g/mol. The molecule has 1 atom stereocenters. The molecule has 16 heavy (non-hydrogen) atoms. The fourth-order valence-corrected chi connectivity index (χ4v) is 1.46. The van der Waals surface area contributed by atoms with Gasteiger partial charge in [0.1, 0.15) is 0 Å². The molecule has 0 radical (unpaired) electrons. The molecule has 0 aromatic heterocycles. The molecule has 92 valence electrons. The van der Waals surface area contributed by atoms with E-state index in [1.165, 1.54) is 11.1 Å². The number of hydrogen-bond donors (Lipinski definition) is 1. The van der Waals surface area contributed by atoms with Crippen molar-refractivity contribution in [3.8, 4) is 0 Å². The lowest BCUT2D eigenvalue weighted by molar-refractivity contribution is 0.266. The van der Waals surface area contributed by atoms with Crippen LogP contribution < -0.4 is 5.73 Å². The zero-order valence-corrected chi connectivity index (χ0v) is 11.3. The van der Waals surface area contributed by atoms with Gasteiger partial charge in [-0.1, -0.05) is 29.8 Å². The largest absolute Gasteiger partial charge is 0.329 e. The van der Waals surface area contributed by atoms with Crippen molar-refractivity contribution in [2.45, 2.75) is 26.3 Å². The van der Waals surface area contributed by atoms with E-state index in [1.54, 1.807) is 0 Å². The number of nitrogens with zero attached hydrogens (tertiary/aromatic N) is 1. The summed E-state index contributed by atoms with van der Waals surface area (Å²) in [5.41, 5.74) is 8.34. The van der Waals surface area contributed by atoms with Crippen LogP contribution >= 0.6 is 12.4 Å². The molecule has 0 saturated heterocycles. The first-order valence-corrected chi connectivity index (χ1v) is 5.59. The number of benzene rings is 1. The number of halogens is 1. The number of hydrogen-bond acceptors (Lipinski definition) is 2. The van der Waals surface area contributed by atoms with E-state index in [9.17, 15) is 0 Å². The molecule has 0 saturated carbocycles. The van der Waals surface area contributed by atoms with E-state index in [-0.39, 0.29) is 12.4 Å². The molecule has 1 aromatic carbocycles. The molecule has 0 heterocycles. The lowest BCUT2D eigenvalue weighted by Gasteiger charge is -2.23. The van der Waals surface area contributed by atoms with Crippen LogP contribution in [0.2, 0.25) is 0 Å². The third-order valence-electron chi connectivity index (χ3n) is 2.97. The maximum absolute atomic E-state index is 5.62. The standard InChI is InChI=1S/C13H22N2.ClH/c1-11-4-6-13(7-5-11)8-9-15(3)12(2)10-14;/h4-7,12H,8-10,14H2,1-3H3;1H. The van der Waals surface area contributed by atoms with Gasteiger partial charge in [0.25, 0.3) is 0 Å². The first kappa shape index (κ1) is 15.4. The Balaban J connectivity index is 0.00000225. The van der Waals surface area contributed by atoms with Gasteiger partial charge in [-0.2, -0.15) is 0 Å². The van der Waals surface area contributed by atoms with Crippen molar-refractivity contribution in [3.63, 3.8) is 0 Å². The van der Waals surface area contributed by atoms with Crippen molar-refractivity contribution >= 4 is 12.4 Å². The van der Waals surface area contributed by atoms with Crippen LogP contribution in [0.1, 0.15) is 18.1 Å². The molecule has 2 nitrogen and oxygen atoms in total. The van der Waals surface area contributed by atoms with Gasteiger partial charge in [-0.3, -0.25) is 0 Å². The Bertz CT molecular complexity index is 284. The Morgan fingerprint density at radius 2 is 1.81 bits per heavy atom. The van der Waals surface area contributed by atoms with Gasteiger partial charge in [0.15, 0.2) is 0 Å². The quantitative estimate of drug-likeness (QED) is 0.858. The van der Waals surface area contributed by atoms with Gasteiger partial charge in [-0.25, -0.2) is 0 Å². The topological polar surface area (TPSA) is 29.3 Å². The molecule has 1 unspecified atom stereocenters. The Kier molecular flexibility index (Phi) is 7.39. The summed E-state index contributed by atoms with van der Waals surface area (Å²) in [6.45, 7) is 6.08. The second kappa shape index (κ2) is 7.66. The number of aryl methyl sites for hydroxylation is 1. The summed E-state index contributed by atoms with van der Waals surface area (Å²) in [4.78, 5) is 2.31. The molecule has 1 rings (SSSR count). The maximum atomic E-state index is 5.62. The van der Waals surface area contributed by atoms with Gasteiger partial charge < -0.3 is 10.6 Å². The van der Waals surface area contributed by atoms with Crippen LogP contribution in [0.5, 0.6) is 0 Å². The molecule has 0 aliphatic rings. The van der Waals surface area contributed by atoms with Crippen molar-refractivity contribution in [3.05, 3.63) is 35.4 Å². The van der Waals surface area contributed by atoms with E-state index < -0.39 is 0 Å². The molecular weight excluding hydrogens is 220 g/mol. The molecule has 0 bridgehead atoms. The van der Waals surface area contributed by atoms with E-state index in [2.05, 4.69) is 50.1 Å². The van der Waals surface area contributed by atoms with Gasteiger partial charge >= 0.3 is 0 Å². The summed E-state index contributed by atoms with van der Waals surface area (Å²) in [5, 5.41) is 0. The van der Waals surface area contributed by atoms with Crippen molar-refractivity contribution in [2.75, 3.05) is 20.1 Å². The van der Waals surface area contributed by atoms with Gasteiger partial charge in [0, 0.05) is 19.1 Å². The summed E-state index contributed by atoms with van der Waals surface area (Å²) in [6, 6.07) is 9.21. The zero-order chi connectivity index (χ0) is 11.3. The average Bonchev–Trinajstić information content (AvgIpc) is 2.26. The maximum Gasteiger partial charge on any atom is 0.0187 e. The molecule has 0 aliphatic heterocycles. The fraction of sp³-hybridized carbons (Fsp3) is 0.538. The normalized spacial score (nSPS) is 12.3. The second-order valence-electron chi connectivity index (χ2n) is 4.30. The van der Waals surface area contributed by atoms with Crippen molar-refractivity contribution in [1.29, 1.82) is 0 Å². The molecule has 0 fully saturated rings. The van der Waals surface area contributed by atoms with Gasteiger partial charge in [0.2, 0.25) is 0 Å². The lowest BCUT2D eigenvalue weighted by Crippen LogP contribution is -2.36. The minimum Gasteiger partial charge on any atom is -0.329 e. The van der Waals surface area contributed by atoms with Crippen LogP contribution in [-0.2, 0) is 6.42 Å². The molecular formula is C13H23ClN2.